The lowest BCUT2D eigenvalue weighted by Crippen LogP contribution is -1.99. The molecule has 84 valence electrons. The van der Waals surface area contributed by atoms with Crippen LogP contribution in [0.25, 0.3) is 10.9 Å². The quantitative estimate of drug-likeness (QED) is 0.857. The topological polar surface area (TPSA) is 42.2 Å². The first-order valence-corrected chi connectivity index (χ1v) is 5.40. The highest BCUT2D eigenvalue weighted by Crippen LogP contribution is 2.22. The number of aromatic nitrogens is 1. The number of aliphatic carboxylic acids is 1. The fourth-order valence-corrected chi connectivity index (χ4v) is 2.04. The van der Waals surface area contributed by atoms with Gasteiger partial charge in [-0.1, -0.05) is 13.0 Å². The summed E-state index contributed by atoms with van der Waals surface area (Å²) in [6.45, 7) is 2.10. The molecular formula is C13H15NO2. The normalized spacial score (nSPS) is 10.9. The van der Waals surface area contributed by atoms with Crippen LogP contribution in [0.5, 0.6) is 0 Å². The molecule has 0 saturated heterocycles. The number of carboxylic acids is 1. The predicted molar refractivity (Wildman–Crippen MR) is 63.6 cm³/mol. The molecule has 16 heavy (non-hydrogen) atoms. The third-order valence-electron chi connectivity index (χ3n) is 2.89. The lowest BCUT2D eigenvalue weighted by Gasteiger charge is -2.00. The van der Waals surface area contributed by atoms with E-state index in [1.165, 1.54) is 5.56 Å². The van der Waals surface area contributed by atoms with Crippen molar-refractivity contribution in [1.82, 2.24) is 4.57 Å². The van der Waals surface area contributed by atoms with E-state index in [4.69, 9.17) is 5.11 Å². The van der Waals surface area contributed by atoms with E-state index in [2.05, 4.69) is 25.1 Å². The highest BCUT2D eigenvalue weighted by molar-refractivity contribution is 5.88. The Hall–Kier alpha value is -1.77. The maximum absolute atomic E-state index is 10.8. The number of fused-ring (bicyclic) bond motifs is 1. The number of hydrogen-bond acceptors (Lipinski definition) is 1. The highest BCUT2D eigenvalue weighted by Gasteiger charge is 2.09. The van der Waals surface area contributed by atoms with E-state index in [9.17, 15) is 4.79 Å². The van der Waals surface area contributed by atoms with Crippen molar-refractivity contribution < 1.29 is 9.90 Å². The molecule has 3 heteroatoms. The average Bonchev–Trinajstić information content (AvgIpc) is 2.54. The molecule has 0 spiro atoms. The van der Waals surface area contributed by atoms with Gasteiger partial charge in [-0.2, -0.15) is 0 Å². The largest absolute Gasteiger partial charge is 0.481 e. The van der Waals surface area contributed by atoms with Crippen LogP contribution >= 0.6 is 0 Å². The molecule has 1 N–H and O–H groups in total. The molecule has 0 bridgehead atoms. The minimum atomic E-state index is -0.783. The van der Waals surface area contributed by atoms with Gasteiger partial charge in [-0.25, -0.2) is 0 Å². The van der Waals surface area contributed by atoms with Gasteiger partial charge >= 0.3 is 5.97 Å². The van der Waals surface area contributed by atoms with Gasteiger partial charge in [0.25, 0.3) is 0 Å². The molecule has 2 rings (SSSR count). The average molecular weight is 217 g/mol. The summed E-state index contributed by atoms with van der Waals surface area (Å²) < 4.78 is 1.98. The molecule has 0 aliphatic heterocycles. The number of aryl methyl sites for hydroxylation is 2. The first-order chi connectivity index (χ1) is 7.61. The summed E-state index contributed by atoms with van der Waals surface area (Å²) in [5, 5.41) is 9.91. The number of nitrogens with zero attached hydrogens (tertiary/aromatic N) is 1. The molecule has 0 fully saturated rings. The van der Waals surface area contributed by atoms with Gasteiger partial charge in [-0.3, -0.25) is 4.79 Å². The number of carboxylic acid groups (broad SMARTS) is 1. The Morgan fingerprint density at radius 2 is 2.19 bits per heavy atom. The number of carbonyl (C=O) groups is 1. The Kier molecular flexibility index (Phi) is 2.69. The van der Waals surface area contributed by atoms with Gasteiger partial charge in [-0.15, -0.1) is 0 Å². The fraction of sp³-hybridized carbons (Fsp3) is 0.308. The third-order valence-corrected chi connectivity index (χ3v) is 2.89. The summed E-state index contributed by atoms with van der Waals surface area (Å²) in [6, 6.07) is 6.24. The van der Waals surface area contributed by atoms with E-state index in [0.717, 1.165) is 22.9 Å². The third kappa shape index (κ3) is 1.81. The number of hydrogen-bond donors (Lipinski definition) is 1. The van der Waals surface area contributed by atoms with Crippen LogP contribution in [-0.2, 0) is 24.7 Å². The van der Waals surface area contributed by atoms with Crippen molar-refractivity contribution in [3.63, 3.8) is 0 Å². The fourth-order valence-electron chi connectivity index (χ4n) is 2.04. The van der Waals surface area contributed by atoms with E-state index in [1.807, 2.05) is 17.8 Å². The van der Waals surface area contributed by atoms with Crippen LogP contribution in [0.15, 0.2) is 24.4 Å². The molecule has 0 aliphatic rings. The van der Waals surface area contributed by atoms with Crippen LogP contribution in [-0.4, -0.2) is 15.6 Å². The number of benzene rings is 1. The summed E-state index contributed by atoms with van der Waals surface area (Å²) in [5.41, 5.74) is 3.22. The van der Waals surface area contributed by atoms with Crippen LogP contribution in [0.2, 0.25) is 0 Å². The van der Waals surface area contributed by atoms with Crippen LogP contribution in [0.4, 0.5) is 0 Å². The molecule has 1 heterocycles. The minimum Gasteiger partial charge on any atom is -0.481 e. The first-order valence-electron chi connectivity index (χ1n) is 5.40. The highest BCUT2D eigenvalue weighted by atomic mass is 16.4. The second kappa shape index (κ2) is 4.00. The Labute approximate surface area is 94.3 Å². The van der Waals surface area contributed by atoms with Crippen molar-refractivity contribution >= 4 is 16.9 Å². The summed E-state index contributed by atoms with van der Waals surface area (Å²) in [4.78, 5) is 10.8. The van der Waals surface area contributed by atoms with Gasteiger partial charge in [0.05, 0.1) is 6.42 Å². The van der Waals surface area contributed by atoms with Gasteiger partial charge < -0.3 is 9.67 Å². The molecule has 0 aliphatic carbocycles. The monoisotopic (exact) mass is 217 g/mol. The zero-order valence-corrected chi connectivity index (χ0v) is 9.53. The van der Waals surface area contributed by atoms with E-state index in [0.29, 0.717) is 0 Å². The maximum atomic E-state index is 10.8. The molecule has 0 amide bonds. The second-order valence-corrected chi connectivity index (χ2v) is 4.04. The Morgan fingerprint density at radius 1 is 1.44 bits per heavy atom. The van der Waals surface area contributed by atoms with Gasteiger partial charge in [0.1, 0.15) is 0 Å². The zero-order chi connectivity index (χ0) is 11.7. The maximum Gasteiger partial charge on any atom is 0.307 e. The lowest BCUT2D eigenvalue weighted by atomic mass is 10.1. The van der Waals surface area contributed by atoms with Gasteiger partial charge in [0, 0.05) is 24.1 Å². The summed E-state index contributed by atoms with van der Waals surface area (Å²) in [6.07, 6.45) is 2.96. The Bertz CT molecular complexity index is 540. The van der Waals surface area contributed by atoms with E-state index in [-0.39, 0.29) is 6.42 Å². The minimum absolute atomic E-state index is 0.0878. The standard InChI is InChI=1S/C13H15NO2/c1-3-9-4-5-12-11(6-9)10(7-13(15)16)8-14(12)2/h4-6,8H,3,7H2,1-2H3,(H,15,16). The van der Waals surface area contributed by atoms with Crippen LogP contribution in [0, 0.1) is 0 Å². The van der Waals surface area contributed by atoms with E-state index in [1.54, 1.807) is 0 Å². The van der Waals surface area contributed by atoms with Crippen molar-refractivity contribution in [1.29, 1.82) is 0 Å². The molecule has 0 radical (unpaired) electrons. The van der Waals surface area contributed by atoms with Crippen LogP contribution in [0.3, 0.4) is 0 Å². The Balaban J connectivity index is 2.60. The smallest absolute Gasteiger partial charge is 0.307 e. The first kappa shape index (κ1) is 10.7. The predicted octanol–water partition coefficient (Wildman–Crippen LogP) is 2.37. The zero-order valence-electron chi connectivity index (χ0n) is 9.53. The van der Waals surface area contributed by atoms with Gasteiger partial charge in [0.2, 0.25) is 0 Å². The molecular weight excluding hydrogens is 202 g/mol. The summed E-state index contributed by atoms with van der Waals surface area (Å²) in [5.74, 6) is -0.783. The number of rotatable bonds is 3. The molecule has 0 unspecified atom stereocenters. The molecule has 0 saturated carbocycles. The van der Waals surface area contributed by atoms with Crippen LogP contribution < -0.4 is 0 Å². The van der Waals surface area contributed by atoms with Gasteiger partial charge in [0.15, 0.2) is 0 Å². The van der Waals surface area contributed by atoms with Crippen molar-refractivity contribution in [2.45, 2.75) is 19.8 Å². The second-order valence-electron chi connectivity index (χ2n) is 4.04. The van der Waals surface area contributed by atoms with Crippen molar-refractivity contribution in [2.24, 2.45) is 7.05 Å². The van der Waals surface area contributed by atoms with Crippen molar-refractivity contribution in [3.05, 3.63) is 35.5 Å². The van der Waals surface area contributed by atoms with Crippen molar-refractivity contribution in [3.8, 4) is 0 Å². The van der Waals surface area contributed by atoms with E-state index < -0.39 is 5.97 Å². The summed E-state index contributed by atoms with van der Waals surface area (Å²) >= 11 is 0. The molecule has 1 aromatic heterocycles. The Morgan fingerprint density at radius 3 is 2.81 bits per heavy atom. The molecule has 1 aromatic carbocycles. The van der Waals surface area contributed by atoms with Crippen molar-refractivity contribution in [2.75, 3.05) is 0 Å². The molecule has 3 nitrogen and oxygen atoms in total. The van der Waals surface area contributed by atoms with E-state index >= 15 is 0 Å². The van der Waals surface area contributed by atoms with Crippen LogP contribution in [0.1, 0.15) is 18.1 Å². The SMILES string of the molecule is CCc1ccc2c(c1)c(CC(=O)O)cn2C. The molecule has 0 atom stereocenters. The lowest BCUT2D eigenvalue weighted by molar-refractivity contribution is -0.136. The summed E-state index contributed by atoms with van der Waals surface area (Å²) in [7, 11) is 1.94. The van der Waals surface area contributed by atoms with Gasteiger partial charge in [-0.05, 0) is 29.7 Å². The molecule has 2 aromatic rings.